The SMILES string of the molecule is CN(C)C(=O)c1cc2cnc(Nc3ccc(N4CCNC5(CC5)C4)cn3)nc2n1C1CCCC1. The third kappa shape index (κ3) is 3.87. The molecule has 1 aliphatic heterocycles. The maximum absolute atomic E-state index is 12.9. The Morgan fingerprint density at radius 2 is 2.00 bits per heavy atom. The molecule has 1 saturated heterocycles. The quantitative estimate of drug-likeness (QED) is 0.603. The van der Waals surface area contributed by atoms with Gasteiger partial charge in [0.2, 0.25) is 5.95 Å². The summed E-state index contributed by atoms with van der Waals surface area (Å²) >= 11 is 0. The van der Waals surface area contributed by atoms with Crippen LogP contribution in [0.4, 0.5) is 17.5 Å². The average molecular weight is 461 g/mol. The standard InChI is InChI=1S/C25H32N8O/c1-31(2)23(34)20-13-17-14-27-24(30-22(17)33(20)18-5-3-4-6-18)29-21-8-7-19(15-26-21)32-12-11-28-25(16-32)9-10-25/h7-8,13-15,18,28H,3-6,9-12,16H2,1-2H3,(H,26,27,29,30). The van der Waals surface area contributed by atoms with Crippen molar-refractivity contribution in [2.75, 3.05) is 43.9 Å². The first-order valence-electron chi connectivity index (χ1n) is 12.3. The van der Waals surface area contributed by atoms with Crippen molar-refractivity contribution in [1.82, 2.24) is 29.7 Å². The number of hydrogen-bond acceptors (Lipinski definition) is 7. The zero-order valence-electron chi connectivity index (χ0n) is 19.9. The number of nitrogens with zero attached hydrogens (tertiary/aromatic N) is 6. The lowest BCUT2D eigenvalue weighted by molar-refractivity contribution is 0.0815. The van der Waals surface area contributed by atoms with Gasteiger partial charge in [0.25, 0.3) is 5.91 Å². The topological polar surface area (TPSA) is 91.2 Å². The predicted octanol–water partition coefficient (Wildman–Crippen LogP) is 3.33. The third-order valence-corrected chi connectivity index (χ3v) is 7.47. The maximum Gasteiger partial charge on any atom is 0.270 e. The lowest BCUT2D eigenvalue weighted by Gasteiger charge is -2.35. The number of carbonyl (C=O) groups is 1. The second kappa shape index (κ2) is 8.23. The molecular weight excluding hydrogens is 428 g/mol. The molecule has 0 aromatic carbocycles. The van der Waals surface area contributed by atoms with E-state index in [9.17, 15) is 4.79 Å². The summed E-state index contributed by atoms with van der Waals surface area (Å²) in [5.41, 5.74) is 2.98. The zero-order chi connectivity index (χ0) is 23.3. The second-order valence-corrected chi connectivity index (χ2v) is 10.2. The molecule has 1 spiro atoms. The Balaban J connectivity index is 1.26. The average Bonchev–Trinajstić information content (AvgIpc) is 3.24. The molecular formula is C25H32N8O. The summed E-state index contributed by atoms with van der Waals surface area (Å²) in [7, 11) is 3.58. The van der Waals surface area contributed by atoms with E-state index in [1.165, 1.54) is 25.7 Å². The van der Waals surface area contributed by atoms with E-state index >= 15 is 0 Å². The van der Waals surface area contributed by atoms with E-state index in [0.29, 0.717) is 29.0 Å². The molecule has 2 aliphatic carbocycles. The van der Waals surface area contributed by atoms with Gasteiger partial charge in [0.15, 0.2) is 0 Å². The van der Waals surface area contributed by atoms with Gasteiger partial charge >= 0.3 is 0 Å². The van der Waals surface area contributed by atoms with Crippen molar-refractivity contribution >= 4 is 34.4 Å². The number of amides is 1. The normalized spacial score (nSPS) is 19.6. The van der Waals surface area contributed by atoms with Crippen LogP contribution in [-0.2, 0) is 0 Å². The van der Waals surface area contributed by atoms with E-state index in [0.717, 1.165) is 49.2 Å². The first-order valence-corrected chi connectivity index (χ1v) is 12.3. The van der Waals surface area contributed by atoms with Crippen molar-refractivity contribution in [2.24, 2.45) is 0 Å². The van der Waals surface area contributed by atoms with E-state index in [1.54, 1.807) is 25.2 Å². The van der Waals surface area contributed by atoms with Crippen LogP contribution >= 0.6 is 0 Å². The number of anilines is 3. The van der Waals surface area contributed by atoms with Crippen molar-refractivity contribution in [3.8, 4) is 0 Å². The minimum atomic E-state index is -0.00226. The number of piperazine rings is 1. The molecule has 1 amide bonds. The minimum absolute atomic E-state index is 0.00226. The van der Waals surface area contributed by atoms with Gasteiger partial charge < -0.3 is 25.0 Å². The molecule has 9 heteroatoms. The monoisotopic (exact) mass is 460 g/mol. The number of fused-ring (bicyclic) bond motifs is 1. The molecule has 4 heterocycles. The summed E-state index contributed by atoms with van der Waals surface area (Å²) in [4.78, 5) is 30.9. The summed E-state index contributed by atoms with van der Waals surface area (Å²) in [5.74, 6) is 1.20. The molecule has 3 aromatic rings. The lowest BCUT2D eigenvalue weighted by atomic mass is 10.1. The van der Waals surface area contributed by atoms with E-state index in [1.807, 2.05) is 18.3 Å². The molecule has 0 bridgehead atoms. The van der Waals surface area contributed by atoms with E-state index < -0.39 is 0 Å². The van der Waals surface area contributed by atoms with Crippen LogP contribution in [0.3, 0.4) is 0 Å². The molecule has 0 atom stereocenters. The van der Waals surface area contributed by atoms with E-state index in [4.69, 9.17) is 4.98 Å². The summed E-state index contributed by atoms with van der Waals surface area (Å²) in [5, 5.41) is 7.80. The Labute approximate surface area is 199 Å². The Kier molecular flexibility index (Phi) is 5.17. The Morgan fingerprint density at radius 1 is 1.18 bits per heavy atom. The van der Waals surface area contributed by atoms with Crippen LogP contribution in [0.25, 0.3) is 11.0 Å². The van der Waals surface area contributed by atoms with Crippen LogP contribution < -0.4 is 15.5 Å². The Bertz CT molecular complexity index is 1210. The fourth-order valence-corrected chi connectivity index (χ4v) is 5.42. The van der Waals surface area contributed by atoms with Crippen molar-refractivity contribution in [1.29, 1.82) is 0 Å². The summed E-state index contributed by atoms with van der Waals surface area (Å²) in [6.45, 7) is 3.07. The molecule has 0 unspecified atom stereocenters. The molecule has 34 heavy (non-hydrogen) atoms. The highest BCUT2D eigenvalue weighted by Crippen LogP contribution is 2.39. The second-order valence-electron chi connectivity index (χ2n) is 10.2. The minimum Gasteiger partial charge on any atom is -0.367 e. The number of carbonyl (C=O) groups excluding carboxylic acids is 1. The molecule has 3 fully saturated rings. The summed E-state index contributed by atoms with van der Waals surface area (Å²) in [6, 6.07) is 6.32. The van der Waals surface area contributed by atoms with Gasteiger partial charge in [-0.15, -0.1) is 0 Å². The third-order valence-electron chi connectivity index (χ3n) is 7.47. The van der Waals surface area contributed by atoms with Gasteiger partial charge in [-0.2, -0.15) is 4.98 Å². The molecule has 6 rings (SSSR count). The molecule has 9 nitrogen and oxygen atoms in total. The van der Waals surface area contributed by atoms with Crippen LogP contribution in [0.1, 0.15) is 55.1 Å². The molecule has 3 aromatic heterocycles. The summed E-state index contributed by atoms with van der Waals surface area (Å²) in [6.07, 6.45) is 10.8. The fourth-order valence-electron chi connectivity index (χ4n) is 5.42. The van der Waals surface area contributed by atoms with Crippen LogP contribution in [0.15, 0.2) is 30.6 Å². The van der Waals surface area contributed by atoms with Gasteiger partial charge in [0.05, 0.1) is 11.9 Å². The molecule has 0 radical (unpaired) electrons. The van der Waals surface area contributed by atoms with Crippen molar-refractivity contribution in [2.45, 2.75) is 50.1 Å². The van der Waals surface area contributed by atoms with Crippen LogP contribution in [0, 0.1) is 0 Å². The number of nitrogens with one attached hydrogen (secondary N) is 2. The van der Waals surface area contributed by atoms with Gasteiger partial charge in [-0.1, -0.05) is 12.8 Å². The highest BCUT2D eigenvalue weighted by Gasteiger charge is 2.45. The van der Waals surface area contributed by atoms with Crippen LogP contribution in [0.5, 0.6) is 0 Å². The number of rotatable bonds is 5. The van der Waals surface area contributed by atoms with Crippen LogP contribution in [-0.4, -0.2) is 69.6 Å². The summed E-state index contributed by atoms with van der Waals surface area (Å²) < 4.78 is 2.13. The van der Waals surface area contributed by atoms with Gasteiger partial charge in [0.1, 0.15) is 17.2 Å². The Morgan fingerprint density at radius 3 is 2.71 bits per heavy atom. The molecule has 2 saturated carbocycles. The van der Waals surface area contributed by atoms with Gasteiger partial charge in [-0.05, 0) is 43.9 Å². The van der Waals surface area contributed by atoms with Crippen LogP contribution in [0.2, 0.25) is 0 Å². The molecule has 3 aliphatic rings. The Hall–Kier alpha value is -3.20. The lowest BCUT2D eigenvalue weighted by Crippen LogP contribution is -2.52. The van der Waals surface area contributed by atoms with Gasteiger partial charge in [0, 0.05) is 56.9 Å². The number of pyridine rings is 1. The van der Waals surface area contributed by atoms with Crippen molar-refractivity contribution < 1.29 is 4.79 Å². The van der Waals surface area contributed by atoms with Crippen molar-refractivity contribution in [3.63, 3.8) is 0 Å². The predicted molar refractivity (Wildman–Crippen MR) is 133 cm³/mol. The highest BCUT2D eigenvalue weighted by molar-refractivity contribution is 5.97. The fraction of sp³-hybridized carbons (Fsp3) is 0.520. The van der Waals surface area contributed by atoms with E-state index in [2.05, 4.69) is 36.1 Å². The highest BCUT2D eigenvalue weighted by atomic mass is 16.2. The smallest absolute Gasteiger partial charge is 0.270 e. The first kappa shape index (κ1) is 21.3. The van der Waals surface area contributed by atoms with E-state index in [-0.39, 0.29) is 5.91 Å². The molecule has 178 valence electrons. The maximum atomic E-state index is 12.9. The first-order chi connectivity index (χ1) is 16.5. The molecule has 2 N–H and O–H groups in total. The van der Waals surface area contributed by atoms with Gasteiger partial charge in [-0.3, -0.25) is 4.79 Å². The largest absolute Gasteiger partial charge is 0.367 e. The number of aromatic nitrogens is 4. The van der Waals surface area contributed by atoms with Crippen molar-refractivity contribution in [3.05, 3.63) is 36.3 Å². The van der Waals surface area contributed by atoms with Gasteiger partial charge in [-0.25, -0.2) is 9.97 Å². The zero-order valence-corrected chi connectivity index (χ0v) is 19.9. The number of hydrogen-bond donors (Lipinski definition) is 2.